The number of nitrogens with two attached hydrogens (primary N) is 1. The van der Waals surface area contributed by atoms with Crippen molar-refractivity contribution in [3.8, 4) is 0 Å². The number of para-hydroxylation sites is 2. The molecule has 0 aliphatic rings. The van der Waals surface area contributed by atoms with Gasteiger partial charge in [0.15, 0.2) is 12.1 Å². The molecule has 1 heterocycles. The molecule has 0 spiro atoms. The maximum absolute atomic E-state index is 10.5. The Balaban J connectivity index is 0.000000270. The molecule has 4 aromatic rings. The number of halogens is 4. The fraction of sp³-hybridized carbons (Fsp3) is 0.148. The highest BCUT2D eigenvalue weighted by atomic mass is 35.5. The molecule has 3 N–H and O–H groups in total. The number of aryl methyl sites for hydroxylation is 1. The second-order valence-electron chi connectivity index (χ2n) is 7.58. The minimum Gasteiger partial charge on any atom is -0.398 e. The molecule has 0 amide bonds. The smallest absolute Gasteiger partial charge is 0.294 e. The van der Waals surface area contributed by atoms with Crippen LogP contribution in [-0.2, 0) is 20.8 Å². The normalized spacial score (nSPS) is 10.1. The molecule has 0 fully saturated rings. The van der Waals surface area contributed by atoms with E-state index in [1.165, 1.54) is 12.1 Å². The van der Waals surface area contributed by atoms with Gasteiger partial charge in [-0.05, 0) is 43.3 Å². The van der Waals surface area contributed by atoms with E-state index in [2.05, 4.69) is 4.98 Å². The molecular formula is C27H26Cl4N2O5S. The van der Waals surface area contributed by atoms with Crippen LogP contribution in [0.2, 0.25) is 5.02 Å². The second kappa shape index (κ2) is 17.8. The van der Waals surface area contributed by atoms with Gasteiger partial charge in [0.25, 0.3) is 10.1 Å². The van der Waals surface area contributed by atoms with Crippen LogP contribution in [0.1, 0.15) is 21.6 Å². The van der Waals surface area contributed by atoms with Crippen molar-refractivity contribution >= 4 is 85.2 Å². The number of aromatic nitrogens is 1. The molecule has 0 saturated heterocycles. The molecule has 3 aromatic carbocycles. The summed E-state index contributed by atoms with van der Waals surface area (Å²) in [7, 11) is -4.02. The minimum atomic E-state index is -4.02. The standard InChI is InChI=1S/C10H7Cl2N.C7H7NO.C7H8O3S.C3H4Cl2O/c11-6-10-8(12)5-7-3-1-2-4-9(7)13-10;8-7-4-2-1-3-6(7)5-9;1-6-2-4-7(5-3-6)11(8,9)10;4-1-3(6)2-5/h1-5H,6H2;1-5H,8H2;2-5H,1H3,(H,8,9,10);1-2H2. The summed E-state index contributed by atoms with van der Waals surface area (Å²) in [5.41, 5.74) is 9.11. The summed E-state index contributed by atoms with van der Waals surface area (Å²) in [6.07, 6.45) is 0.745. The van der Waals surface area contributed by atoms with Crippen LogP contribution in [0.4, 0.5) is 5.69 Å². The third-order valence-electron chi connectivity index (χ3n) is 4.62. The van der Waals surface area contributed by atoms with Gasteiger partial charge in [0.05, 0.1) is 38.8 Å². The summed E-state index contributed by atoms with van der Waals surface area (Å²) in [5, 5.41) is 1.68. The summed E-state index contributed by atoms with van der Waals surface area (Å²) in [5.74, 6) is 0.287. The van der Waals surface area contributed by atoms with Crippen LogP contribution >= 0.6 is 46.4 Å². The number of pyridine rings is 1. The molecule has 1 aromatic heterocycles. The van der Waals surface area contributed by atoms with Crippen molar-refractivity contribution in [3.05, 3.63) is 101 Å². The first-order chi connectivity index (χ1) is 18.5. The molecule has 4 rings (SSSR count). The van der Waals surface area contributed by atoms with E-state index in [1.807, 2.05) is 37.3 Å². The highest BCUT2D eigenvalue weighted by molar-refractivity contribution is 7.85. The number of alkyl halides is 3. The van der Waals surface area contributed by atoms with Crippen LogP contribution < -0.4 is 5.73 Å². The number of carbonyl (C=O) groups excluding carboxylic acids is 2. The molecule has 7 nitrogen and oxygen atoms in total. The Labute approximate surface area is 247 Å². The molecule has 0 aliphatic carbocycles. The van der Waals surface area contributed by atoms with Crippen molar-refractivity contribution in [2.75, 3.05) is 17.5 Å². The van der Waals surface area contributed by atoms with Crippen molar-refractivity contribution in [3.63, 3.8) is 0 Å². The number of hydrogen-bond acceptors (Lipinski definition) is 6. The van der Waals surface area contributed by atoms with Crippen LogP contribution in [0.25, 0.3) is 10.9 Å². The minimum absolute atomic E-state index is 0.0312. The van der Waals surface area contributed by atoms with Gasteiger partial charge in [-0.15, -0.1) is 34.8 Å². The van der Waals surface area contributed by atoms with Gasteiger partial charge in [-0.2, -0.15) is 8.42 Å². The van der Waals surface area contributed by atoms with Crippen molar-refractivity contribution in [1.29, 1.82) is 0 Å². The Hall–Kier alpha value is -2.72. The van der Waals surface area contributed by atoms with Crippen LogP contribution in [0.3, 0.4) is 0 Å². The lowest BCUT2D eigenvalue weighted by atomic mass is 10.2. The maximum Gasteiger partial charge on any atom is 0.294 e. The molecule has 0 atom stereocenters. The largest absolute Gasteiger partial charge is 0.398 e. The fourth-order valence-corrected chi connectivity index (χ4v) is 3.85. The van der Waals surface area contributed by atoms with E-state index in [4.69, 9.17) is 56.7 Å². The van der Waals surface area contributed by atoms with E-state index in [0.29, 0.717) is 22.2 Å². The number of carbonyl (C=O) groups is 2. The number of hydrogen-bond donors (Lipinski definition) is 2. The third kappa shape index (κ3) is 12.8. The summed E-state index contributed by atoms with van der Waals surface area (Å²) in [6.45, 7) is 1.84. The molecule has 208 valence electrons. The highest BCUT2D eigenvalue weighted by Gasteiger charge is 2.07. The number of fused-ring (bicyclic) bond motifs is 1. The Morgan fingerprint density at radius 3 is 1.97 bits per heavy atom. The molecule has 0 aliphatic heterocycles. The van der Waals surface area contributed by atoms with Crippen LogP contribution in [-0.4, -0.2) is 41.8 Å². The predicted octanol–water partition coefficient (Wildman–Crippen LogP) is 6.98. The summed E-state index contributed by atoms with van der Waals surface area (Å²) in [6, 6.07) is 22.7. The van der Waals surface area contributed by atoms with Gasteiger partial charge >= 0.3 is 0 Å². The lowest BCUT2D eigenvalue weighted by molar-refractivity contribution is -0.114. The predicted molar refractivity (Wildman–Crippen MR) is 160 cm³/mol. The molecule has 12 heteroatoms. The van der Waals surface area contributed by atoms with Gasteiger partial charge in [-0.1, -0.05) is 59.6 Å². The van der Waals surface area contributed by atoms with Crippen molar-refractivity contribution in [2.24, 2.45) is 0 Å². The quantitative estimate of drug-likeness (QED) is 0.105. The average Bonchev–Trinajstić information content (AvgIpc) is 2.93. The number of aldehydes is 1. The number of anilines is 1. The zero-order valence-electron chi connectivity index (χ0n) is 20.7. The molecule has 0 radical (unpaired) electrons. The average molecular weight is 632 g/mol. The zero-order chi connectivity index (χ0) is 29.4. The van der Waals surface area contributed by atoms with E-state index in [9.17, 15) is 18.0 Å². The summed E-state index contributed by atoms with van der Waals surface area (Å²) >= 11 is 21.7. The van der Waals surface area contributed by atoms with Crippen LogP contribution in [0, 0.1) is 6.92 Å². The first-order valence-corrected chi connectivity index (χ1v) is 14.5. The number of nitrogen functional groups attached to an aromatic ring is 1. The monoisotopic (exact) mass is 630 g/mol. The number of ketones is 1. The van der Waals surface area contributed by atoms with E-state index in [0.717, 1.165) is 28.4 Å². The third-order valence-corrected chi connectivity index (χ3v) is 6.66. The Morgan fingerprint density at radius 1 is 0.949 bits per heavy atom. The molecule has 0 bridgehead atoms. The number of Topliss-reactive ketones (excluding diaryl/α,β-unsaturated/α-hetero) is 1. The van der Waals surface area contributed by atoms with E-state index < -0.39 is 10.1 Å². The van der Waals surface area contributed by atoms with Gasteiger partial charge in [0.1, 0.15) is 0 Å². The van der Waals surface area contributed by atoms with Gasteiger partial charge in [-0.25, -0.2) is 0 Å². The zero-order valence-corrected chi connectivity index (χ0v) is 24.6. The number of benzene rings is 3. The molecule has 0 unspecified atom stereocenters. The lowest BCUT2D eigenvalue weighted by Gasteiger charge is -2.01. The first-order valence-electron chi connectivity index (χ1n) is 11.0. The number of nitrogens with zero attached hydrogens (tertiary/aromatic N) is 1. The molecule has 0 saturated carbocycles. The Morgan fingerprint density at radius 2 is 1.51 bits per heavy atom. The van der Waals surface area contributed by atoms with E-state index in [-0.39, 0.29) is 22.4 Å². The van der Waals surface area contributed by atoms with E-state index in [1.54, 1.807) is 36.4 Å². The summed E-state index contributed by atoms with van der Waals surface area (Å²) < 4.78 is 29.6. The van der Waals surface area contributed by atoms with Gasteiger partial charge in [0, 0.05) is 16.6 Å². The van der Waals surface area contributed by atoms with Gasteiger partial charge in [0.2, 0.25) is 0 Å². The topological polar surface area (TPSA) is 127 Å². The second-order valence-corrected chi connectivity index (χ2v) is 10.2. The molecule has 39 heavy (non-hydrogen) atoms. The van der Waals surface area contributed by atoms with Crippen molar-refractivity contribution in [2.45, 2.75) is 17.7 Å². The summed E-state index contributed by atoms with van der Waals surface area (Å²) in [4.78, 5) is 24.3. The molecular weight excluding hydrogens is 606 g/mol. The van der Waals surface area contributed by atoms with Crippen molar-refractivity contribution < 1.29 is 22.6 Å². The maximum atomic E-state index is 10.5. The Kier molecular flexibility index (Phi) is 15.6. The fourth-order valence-electron chi connectivity index (χ4n) is 2.59. The van der Waals surface area contributed by atoms with Crippen LogP contribution in [0.5, 0.6) is 0 Å². The van der Waals surface area contributed by atoms with Gasteiger partial charge in [-0.3, -0.25) is 19.1 Å². The SMILES string of the molecule is Cc1ccc(S(=O)(=O)O)cc1.ClCc1nc2ccccc2cc1Cl.Nc1ccccc1C=O.O=C(CCl)CCl. The van der Waals surface area contributed by atoms with Crippen LogP contribution in [0.15, 0.2) is 83.8 Å². The Bertz CT molecular complexity index is 1460. The first kappa shape index (κ1) is 34.3. The van der Waals surface area contributed by atoms with E-state index >= 15 is 0 Å². The number of rotatable bonds is 5. The van der Waals surface area contributed by atoms with Crippen molar-refractivity contribution in [1.82, 2.24) is 4.98 Å². The van der Waals surface area contributed by atoms with Gasteiger partial charge < -0.3 is 5.73 Å². The lowest BCUT2D eigenvalue weighted by Crippen LogP contribution is -1.98. The highest BCUT2D eigenvalue weighted by Crippen LogP contribution is 2.21.